The van der Waals surface area contributed by atoms with E-state index in [9.17, 15) is 4.79 Å². The van der Waals surface area contributed by atoms with E-state index in [-0.39, 0.29) is 5.41 Å². The van der Waals surface area contributed by atoms with Crippen molar-refractivity contribution in [3.8, 4) is 0 Å². The lowest BCUT2D eigenvalue weighted by Crippen LogP contribution is -2.05. The van der Waals surface area contributed by atoms with Gasteiger partial charge in [-0.3, -0.25) is 0 Å². The zero-order chi connectivity index (χ0) is 10.9. The molecule has 0 radical (unpaired) electrons. The van der Waals surface area contributed by atoms with Crippen LogP contribution in [0, 0.1) is 11.3 Å². The van der Waals surface area contributed by atoms with E-state index >= 15 is 0 Å². The third-order valence-electron chi connectivity index (χ3n) is 3.90. The Balaban J connectivity index is 2.06. The molecule has 0 aliphatic heterocycles. The van der Waals surface area contributed by atoms with Crippen LogP contribution in [0.5, 0.6) is 0 Å². The summed E-state index contributed by atoms with van der Waals surface area (Å²) in [5.41, 5.74) is 1.67. The predicted octanol–water partition coefficient (Wildman–Crippen LogP) is 3.41. The van der Waals surface area contributed by atoms with Crippen molar-refractivity contribution in [3.63, 3.8) is 0 Å². The van der Waals surface area contributed by atoms with Gasteiger partial charge >= 0.3 is 0 Å². The van der Waals surface area contributed by atoms with Crippen molar-refractivity contribution in [3.05, 3.63) is 35.9 Å². The molecule has 15 heavy (non-hydrogen) atoms. The van der Waals surface area contributed by atoms with E-state index in [0.29, 0.717) is 11.8 Å². The van der Waals surface area contributed by atoms with Gasteiger partial charge in [-0.05, 0) is 29.2 Å². The fourth-order valence-corrected chi connectivity index (χ4v) is 2.64. The highest BCUT2D eigenvalue weighted by atomic mass is 16.1. The van der Waals surface area contributed by atoms with Gasteiger partial charge < -0.3 is 4.79 Å². The number of carbonyl (C=O) groups is 1. The molecule has 0 heterocycles. The topological polar surface area (TPSA) is 17.1 Å². The standard InChI is InChI=1S/C14H18O/c1-11(12-6-4-3-5-7-12)13-10-14(13,2)8-9-15/h3-7,9,11,13H,8,10H2,1-2H3/t11-,13-,14+/m0/s1. The van der Waals surface area contributed by atoms with Gasteiger partial charge in [0.2, 0.25) is 0 Å². The summed E-state index contributed by atoms with van der Waals surface area (Å²) in [7, 11) is 0. The van der Waals surface area contributed by atoms with E-state index in [2.05, 4.69) is 38.1 Å². The molecule has 1 fully saturated rings. The molecular formula is C14H18O. The fourth-order valence-electron chi connectivity index (χ4n) is 2.64. The molecule has 1 saturated carbocycles. The monoisotopic (exact) mass is 202 g/mol. The smallest absolute Gasteiger partial charge is 0.120 e. The van der Waals surface area contributed by atoms with Crippen molar-refractivity contribution in [2.75, 3.05) is 0 Å². The first kappa shape index (κ1) is 10.4. The normalized spacial score (nSPS) is 30.9. The maximum Gasteiger partial charge on any atom is 0.120 e. The van der Waals surface area contributed by atoms with E-state index in [4.69, 9.17) is 0 Å². The first-order valence-electron chi connectivity index (χ1n) is 5.66. The SMILES string of the molecule is C[C@@H](c1ccccc1)[C@@H]1C[C@@]1(C)CC=O. The van der Waals surface area contributed by atoms with Crippen LogP contribution in [-0.4, -0.2) is 6.29 Å². The molecule has 1 aromatic carbocycles. The van der Waals surface area contributed by atoms with Gasteiger partial charge in [-0.1, -0.05) is 44.2 Å². The van der Waals surface area contributed by atoms with Gasteiger partial charge in [-0.15, -0.1) is 0 Å². The average molecular weight is 202 g/mol. The number of benzene rings is 1. The molecule has 0 amide bonds. The van der Waals surface area contributed by atoms with E-state index in [1.165, 1.54) is 12.0 Å². The van der Waals surface area contributed by atoms with Crippen LogP contribution in [0.1, 0.15) is 38.2 Å². The number of hydrogen-bond donors (Lipinski definition) is 0. The Hall–Kier alpha value is -1.11. The Bertz CT molecular complexity index is 344. The summed E-state index contributed by atoms with van der Waals surface area (Å²) in [6.45, 7) is 4.50. The third-order valence-corrected chi connectivity index (χ3v) is 3.90. The van der Waals surface area contributed by atoms with Crippen molar-refractivity contribution in [1.82, 2.24) is 0 Å². The molecule has 0 aromatic heterocycles. The second-order valence-electron chi connectivity index (χ2n) is 5.03. The number of rotatable bonds is 4. The van der Waals surface area contributed by atoms with Crippen LogP contribution in [0.2, 0.25) is 0 Å². The summed E-state index contributed by atoms with van der Waals surface area (Å²) in [6.07, 6.45) is 2.98. The lowest BCUT2D eigenvalue weighted by molar-refractivity contribution is -0.108. The van der Waals surface area contributed by atoms with Gasteiger partial charge in [-0.2, -0.15) is 0 Å². The number of hydrogen-bond acceptors (Lipinski definition) is 1. The molecule has 0 saturated heterocycles. The van der Waals surface area contributed by atoms with Crippen LogP contribution in [0.4, 0.5) is 0 Å². The summed E-state index contributed by atoms with van der Waals surface area (Å²) < 4.78 is 0. The summed E-state index contributed by atoms with van der Waals surface area (Å²) in [4.78, 5) is 10.6. The molecule has 2 rings (SSSR count). The zero-order valence-corrected chi connectivity index (χ0v) is 9.44. The molecule has 0 spiro atoms. The van der Waals surface area contributed by atoms with E-state index < -0.39 is 0 Å². The third kappa shape index (κ3) is 1.97. The van der Waals surface area contributed by atoms with Crippen molar-refractivity contribution in [1.29, 1.82) is 0 Å². The second-order valence-corrected chi connectivity index (χ2v) is 5.03. The van der Waals surface area contributed by atoms with E-state index in [1.807, 2.05) is 6.07 Å². The minimum Gasteiger partial charge on any atom is -0.303 e. The average Bonchev–Trinajstić information content (AvgIpc) is 2.91. The largest absolute Gasteiger partial charge is 0.303 e. The predicted molar refractivity (Wildman–Crippen MR) is 61.8 cm³/mol. The van der Waals surface area contributed by atoms with Crippen LogP contribution in [0.15, 0.2) is 30.3 Å². The van der Waals surface area contributed by atoms with Crippen LogP contribution in [0.25, 0.3) is 0 Å². The van der Waals surface area contributed by atoms with Crippen molar-refractivity contribution < 1.29 is 4.79 Å². The summed E-state index contributed by atoms with van der Waals surface area (Å²) in [5.74, 6) is 1.27. The molecule has 1 nitrogen and oxygen atoms in total. The Kier molecular flexibility index (Phi) is 2.64. The molecule has 0 N–H and O–H groups in total. The highest BCUT2D eigenvalue weighted by Crippen LogP contribution is 2.60. The van der Waals surface area contributed by atoms with Crippen molar-refractivity contribution >= 4 is 6.29 Å². The molecule has 1 aliphatic rings. The van der Waals surface area contributed by atoms with Gasteiger partial charge in [0.05, 0.1) is 0 Å². The fraction of sp³-hybridized carbons (Fsp3) is 0.500. The molecular weight excluding hydrogens is 184 g/mol. The molecule has 1 aliphatic carbocycles. The second kappa shape index (κ2) is 3.80. The van der Waals surface area contributed by atoms with Gasteiger partial charge in [0.1, 0.15) is 6.29 Å². The van der Waals surface area contributed by atoms with Crippen LogP contribution < -0.4 is 0 Å². The molecule has 80 valence electrons. The van der Waals surface area contributed by atoms with Crippen LogP contribution >= 0.6 is 0 Å². The highest BCUT2D eigenvalue weighted by molar-refractivity contribution is 5.52. The lowest BCUT2D eigenvalue weighted by atomic mass is 9.90. The molecule has 1 aromatic rings. The first-order chi connectivity index (χ1) is 7.17. The summed E-state index contributed by atoms with van der Waals surface area (Å²) in [5, 5.41) is 0. The maximum absolute atomic E-state index is 10.6. The lowest BCUT2D eigenvalue weighted by Gasteiger charge is -2.14. The Labute approximate surface area is 91.5 Å². The number of carbonyl (C=O) groups excluding carboxylic acids is 1. The Morgan fingerprint density at radius 2 is 2.13 bits per heavy atom. The summed E-state index contributed by atoms with van der Waals surface area (Å²) >= 11 is 0. The Morgan fingerprint density at radius 3 is 2.73 bits per heavy atom. The quantitative estimate of drug-likeness (QED) is 0.684. The van der Waals surface area contributed by atoms with Gasteiger partial charge in [0.15, 0.2) is 0 Å². The Morgan fingerprint density at radius 1 is 1.47 bits per heavy atom. The number of aldehydes is 1. The van der Waals surface area contributed by atoms with Crippen LogP contribution in [-0.2, 0) is 4.79 Å². The van der Waals surface area contributed by atoms with E-state index in [0.717, 1.165) is 12.7 Å². The van der Waals surface area contributed by atoms with E-state index in [1.54, 1.807) is 0 Å². The van der Waals surface area contributed by atoms with Gasteiger partial charge in [0, 0.05) is 6.42 Å². The minimum absolute atomic E-state index is 0.275. The maximum atomic E-state index is 10.6. The van der Waals surface area contributed by atoms with Gasteiger partial charge in [0.25, 0.3) is 0 Å². The molecule has 3 atom stereocenters. The van der Waals surface area contributed by atoms with Crippen LogP contribution in [0.3, 0.4) is 0 Å². The van der Waals surface area contributed by atoms with Gasteiger partial charge in [-0.25, -0.2) is 0 Å². The molecule has 0 bridgehead atoms. The first-order valence-corrected chi connectivity index (χ1v) is 5.66. The molecule has 1 heteroatoms. The zero-order valence-electron chi connectivity index (χ0n) is 9.44. The van der Waals surface area contributed by atoms with Crippen molar-refractivity contribution in [2.45, 2.75) is 32.6 Å². The minimum atomic E-state index is 0.275. The highest BCUT2D eigenvalue weighted by Gasteiger charge is 2.51. The van der Waals surface area contributed by atoms with Crippen molar-refractivity contribution in [2.24, 2.45) is 11.3 Å². The summed E-state index contributed by atoms with van der Waals surface area (Å²) in [6, 6.07) is 10.6. The molecule has 0 unspecified atom stereocenters.